The molecule has 52 valence electrons. The minimum atomic E-state index is -0.189. The standard InChI is InChI=1S/C5H13INO/c1-5(8)3-7-4-6-2/h5,7-8H,3-4H2,1-2H3/q-1. The Bertz CT molecular complexity index is 49.7. The van der Waals surface area contributed by atoms with Crippen LogP contribution in [0.5, 0.6) is 0 Å². The van der Waals surface area contributed by atoms with Crippen molar-refractivity contribution in [2.75, 3.05) is 16.0 Å². The molecule has 2 N–H and O–H groups in total. The van der Waals surface area contributed by atoms with Crippen LogP contribution >= 0.6 is 0 Å². The molecule has 0 fully saturated rings. The fourth-order valence-corrected chi connectivity index (χ4v) is 1.21. The van der Waals surface area contributed by atoms with Gasteiger partial charge in [-0.1, -0.05) is 0 Å². The van der Waals surface area contributed by atoms with Gasteiger partial charge in [0.25, 0.3) is 0 Å². The summed E-state index contributed by atoms with van der Waals surface area (Å²) < 4.78 is 1.11. The molecule has 1 unspecified atom stereocenters. The first kappa shape index (κ1) is 8.65. The number of rotatable bonds is 4. The third kappa shape index (κ3) is 6.65. The monoisotopic (exact) mass is 230 g/mol. The van der Waals surface area contributed by atoms with Crippen LogP contribution in [-0.2, 0) is 0 Å². The Kier molecular flexibility index (Phi) is 6.25. The van der Waals surface area contributed by atoms with E-state index in [-0.39, 0.29) is 6.10 Å². The molecule has 0 bridgehead atoms. The van der Waals surface area contributed by atoms with Gasteiger partial charge in [0.05, 0.1) is 0 Å². The van der Waals surface area contributed by atoms with E-state index in [4.69, 9.17) is 5.11 Å². The molecule has 3 heteroatoms. The maximum atomic E-state index is 8.73. The van der Waals surface area contributed by atoms with Crippen LogP contribution in [0.4, 0.5) is 0 Å². The number of nitrogens with one attached hydrogen (secondary N) is 1. The predicted molar refractivity (Wildman–Crippen MR) is 30.5 cm³/mol. The summed E-state index contributed by atoms with van der Waals surface area (Å²) in [6, 6.07) is 0. The normalized spacial score (nSPS) is 14.4. The fraction of sp³-hybridized carbons (Fsp3) is 1.00. The summed E-state index contributed by atoms with van der Waals surface area (Å²) in [6.07, 6.45) is -0.189. The summed E-state index contributed by atoms with van der Waals surface area (Å²) in [5.74, 6) is 0. The van der Waals surface area contributed by atoms with Gasteiger partial charge in [0.2, 0.25) is 0 Å². The first-order chi connectivity index (χ1) is 3.77. The Morgan fingerprint density at radius 3 is 2.75 bits per heavy atom. The predicted octanol–water partition coefficient (Wildman–Crippen LogP) is -3.37. The Morgan fingerprint density at radius 1 is 1.75 bits per heavy atom. The number of halogens is 1. The van der Waals surface area contributed by atoms with Gasteiger partial charge >= 0.3 is 60.7 Å². The van der Waals surface area contributed by atoms with Crippen molar-refractivity contribution in [2.24, 2.45) is 0 Å². The van der Waals surface area contributed by atoms with E-state index in [1.54, 1.807) is 6.92 Å². The molecule has 0 heterocycles. The van der Waals surface area contributed by atoms with E-state index in [0.29, 0.717) is 21.2 Å². The SMILES string of the molecule is C[I-]CNCC(C)O. The van der Waals surface area contributed by atoms with Gasteiger partial charge in [0, 0.05) is 0 Å². The number of aliphatic hydroxyl groups excluding tert-OH is 1. The quantitative estimate of drug-likeness (QED) is 0.229. The summed E-state index contributed by atoms with van der Waals surface area (Å²) in [5, 5.41) is 11.9. The van der Waals surface area contributed by atoms with E-state index in [1.807, 2.05) is 0 Å². The summed E-state index contributed by atoms with van der Waals surface area (Å²) in [7, 11) is 0. The van der Waals surface area contributed by atoms with Gasteiger partial charge < -0.3 is 0 Å². The topological polar surface area (TPSA) is 32.3 Å². The molecule has 0 saturated heterocycles. The van der Waals surface area contributed by atoms with Crippen molar-refractivity contribution in [1.82, 2.24) is 5.32 Å². The first-order valence-corrected chi connectivity index (χ1v) is 6.28. The zero-order valence-electron chi connectivity index (χ0n) is 5.32. The number of hydrogen-bond acceptors (Lipinski definition) is 2. The van der Waals surface area contributed by atoms with Gasteiger partial charge in [0.1, 0.15) is 0 Å². The van der Waals surface area contributed by atoms with Crippen LogP contribution in [0.2, 0.25) is 0 Å². The van der Waals surface area contributed by atoms with Crippen LogP contribution in [0.1, 0.15) is 6.92 Å². The van der Waals surface area contributed by atoms with Gasteiger partial charge in [-0.05, 0) is 0 Å². The number of aliphatic hydroxyl groups is 1. The van der Waals surface area contributed by atoms with Crippen molar-refractivity contribution in [1.29, 1.82) is 0 Å². The molecule has 2 nitrogen and oxygen atoms in total. The second kappa shape index (κ2) is 5.78. The summed E-state index contributed by atoms with van der Waals surface area (Å²) in [4.78, 5) is 2.22. The van der Waals surface area contributed by atoms with Gasteiger partial charge in [0.15, 0.2) is 0 Å². The Hall–Kier alpha value is 0.650. The van der Waals surface area contributed by atoms with Crippen molar-refractivity contribution in [2.45, 2.75) is 13.0 Å². The fourth-order valence-electron chi connectivity index (χ4n) is 0.358. The summed E-state index contributed by atoms with van der Waals surface area (Å²) in [5.41, 5.74) is 0. The van der Waals surface area contributed by atoms with Gasteiger partial charge in [-0.2, -0.15) is 0 Å². The second-order valence-electron chi connectivity index (χ2n) is 1.70. The van der Waals surface area contributed by atoms with Crippen LogP contribution in [0, 0.1) is 0 Å². The Balaban J connectivity index is 2.72. The number of alkyl halides is 2. The summed E-state index contributed by atoms with van der Waals surface area (Å²) >= 11 is 0.353. The Morgan fingerprint density at radius 2 is 2.38 bits per heavy atom. The van der Waals surface area contributed by atoms with Crippen molar-refractivity contribution in [3.8, 4) is 0 Å². The average molecular weight is 230 g/mol. The third-order valence-electron chi connectivity index (χ3n) is 0.668. The molecule has 0 aromatic heterocycles. The Labute approximate surface area is 60.9 Å². The average Bonchev–Trinajstić information content (AvgIpc) is 1.66. The molecule has 0 aliphatic rings. The molecule has 1 atom stereocenters. The van der Waals surface area contributed by atoms with E-state index in [9.17, 15) is 0 Å². The van der Waals surface area contributed by atoms with E-state index in [1.165, 1.54) is 0 Å². The molecule has 0 amide bonds. The van der Waals surface area contributed by atoms with Crippen LogP contribution in [0.25, 0.3) is 0 Å². The molecular formula is C5H13INO-. The van der Waals surface area contributed by atoms with Crippen LogP contribution in [0.15, 0.2) is 0 Å². The molecule has 0 radical (unpaired) electrons. The first-order valence-electron chi connectivity index (χ1n) is 2.60. The third-order valence-corrected chi connectivity index (χ3v) is 1.97. The zero-order valence-corrected chi connectivity index (χ0v) is 7.47. The van der Waals surface area contributed by atoms with Gasteiger partial charge in [-0.25, -0.2) is 0 Å². The van der Waals surface area contributed by atoms with E-state index < -0.39 is 0 Å². The molecule has 8 heavy (non-hydrogen) atoms. The van der Waals surface area contributed by atoms with Gasteiger partial charge in [-0.15, -0.1) is 0 Å². The molecule has 0 saturated carbocycles. The van der Waals surface area contributed by atoms with Crippen LogP contribution in [-0.4, -0.2) is 27.2 Å². The van der Waals surface area contributed by atoms with Crippen LogP contribution < -0.4 is 26.5 Å². The molecule has 0 aliphatic heterocycles. The molecule has 0 aliphatic carbocycles. The molecule has 0 rings (SSSR count). The van der Waals surface area contributed by atoms with Crippen LogP contribution in [0.3, 0.4) is 0 Å². The van der Waals surface area contributed by atoms with Crippen molar-refractivity contribution in [3.05, 3.63) is 0 Å². The molecular weight excluding hydrogens is 217 g/mol. The summed E-state index contributed by atoms with van der Waals surface area (Å²) in [6.45, 7) is 2.54. The number of hydrogen-bond donors (Lipinski definition) is 2. The minimum absolute atomic E-state index is 0.189. The van der Waals surface area contributed by atoms with E-state index in [0.717, 1.165) is 11.1 Å². The van der Waals surface area contributed by atoms with E-state index >= 15 is 0 Å². The molecule has 0 aromatic rings. The van der Waals surface area contributed by atoms with Gasteiger partial charge in [-0.3, -0.25) is 0 Å². The molecule has 0 spiro atoms. The van der Waals surface area contributed by atoms with E-state index in [2.05, 4.69) is 10.2 Å². The van der Waals surface area contributed by atoms with Crippen molar-refractivity contribution >= 4 is 0 Å². The zero-order chi connectivity index (χ0) is 6.41. The maximum absolute atomic E-state index is 8.73. The van der Waals surface area contributed by atoms with Crippen molar-refractivity contribution < 1.29 is 26.3 Å². The van der Waals surface area contributed by atoms with Crippen molar-refractivity contribution in [3.63, 3.8) is 0 Å². The second-order valence-corrected chi connectivity index (χ2v) is 3.99. The molecule has 0 aromatic carbocycles.